The van der Waals surface area contributed by atoms with Gasteiger partial charge in [-0.15, -0.1) is 0 Å². The first-order valence-electron chi connectivity index (χ1n) is 5.25. The fourth-order valence-corrected chi connectivity index (χ4v) is 1.56. The van der Waals surface area contributed by atoms with E-state index in [4.69, 9.17) is 0 Å². The van der Waals surface area contributed by atoms with Crippen LogP contribution in [-0.2, 0) is 0 Å². The molecule has 0 heterocycles. The van der Waals surface area contributed by atoms with Crippen LogP contribution in [0.2, 0.25) is 0 Å². The Hall–Kier alpha value is -1.89. The molecule has 1 heteroatoms. The van der Waals surface area contributed by atoms with Gasteiger partial charge in [0, 0.05) is 5.56 Å². The highest BCUT2D eigenvalue weighted by Gasteiger charge is 1.96. The van der Waals surface area contributed by atoms with E-state index in [1.165, 1.54) is 11.6 Å². The molecule has 0 saturated heterocycles. The Morgan fingerprint density at radius 3 is 2.06 bits per heavy atom. The molecule has 0 aliphatic rings. The fourth-order valence-electron chi connectivity index (χ4n) is 1.56. The summed E-state index contributed by atoms with van der Waals surface area (Å²) in [6.45, 7) is 2.04. The molecule has 0 radical (unpaired) electrons. The van der Waals surface area contributed by atoms with E-state index in [1.54, 1.807) is 18.2 Å². The predicted molar refractivity (Wildman–Crippen MR) is 66.5 cm³/mol. The van der Waals surface area contributed by atoms with Crippen molar-refractivity contribution in [1.82, 2.24) is 0 Å². The molecule has 16 heavy (non-hydrogen) atoms. The maximum absolute atomic E-state index is 13.3. The zero-order chi connectivity index (χ0) is 11.4. The van der Waals surface area contributed by atoms with E-state index < -0.39 is 0 Å². The number of halogens is 1. The van der Waals surface area contributed by atoms with Crippen molar-refractivity contribution in [2.45, 2.75) is 6.92 Å². The Morgan fingerprint density at radius 1 is 0.812 bits per heavy atom. The number of rotatable bonds is 2. The fraction of sp³-hybridized carbons (Fsp3) is 0.0667. The highest BCUT2D eigenvalue weighted by atomic mass is 19.1. The van der Waals surface area contributed by atoms with Crippen molar-refractivity contribution in [2.24, 2.45) is 0 Å². The zero-order valence-electron chi connectivity index (χ0n) is 9.15. The van der Waals surface area contributed by atoms with Gasteiger partial charge in [-0.25, -0.2) is 4.39 Å². The molecule has 0 aromatic heterocycles. The zero-order valence-corrected chi connectivity index (χ0v) is 9.15. The maximum Gasteiger partial charge on any atom is 0.130 e. The monoisotopic (exact) mass is 212 g/mol. The normalized spacial score (nSPS) is 10.9. The second kappa shape index (κ2) is 4.75. The van der Waals surface area contributed by atoms with Gasteiger partial charge < -0.3 is 0 Å². The van der Waals surface area contributed by atoms with Gasteiger partial charge in [0.25, 0.3) is 0 Å². The highest BCUT2D eigenvalue weighted by Crippen LogP contribution is 2.14. The van der Waals surface area contributed by atoms with Crippen LogP contribution in [0.5, 0.6) is 0 Å². The number of hydrogen-bond donors (Lipinski definition) is 0. The highest BCUT2D eigenvalue weighted by molar-refractivity contribution is 5.71. The van der Waals surface area contributed by atoms with Crippen LogP contribution in [0.15, 0.2) is 48.5 Å². The molecule has 0 spiro atoms. The molecule has 2 rings (SSSR count). The van der Waals surface area contributed by atoms with Crippen LogP contribution in [-0.4, -0.2) is 0 Å². The summed E-state index contributed by atoms with van der Waals surface area (Å²) in [5, 5.41) is 0. The lowest BCUT2D eigenvalue weighted by Crippen LogP contribution is -1.81. The molecule has 0 saturated carbocycles. The lowest BCUT2D eigenvalue weighted by molar-refractivity contribution is 0.625. The number of benzene rings is 2. The van der Waals surface area contributed by atoms with Gasteiger partial charge in [-0.1, -0.05) is 54.6 Å². The minimum Gasteiger partial charge on any atom is -0.206 e. The van der Waals surface area contributed by atoms with Crippen LogP contribution in [0.25, 0.3) is 12.2 Å². The van der Waals surface area contributed by atoms with E-state index in [2.05, 4.69) is 0 Å². The smallest absolute Gasteiger partial charge is 0.130 e. The average molecular weight is 212 g/mol. The summed E-state index contributed by atoms with van der Waals surface area (Å²) in [7, 11) is 0. The van der Waals surface area contributed by atoms with Gasteiger partial charge >= 0.3 is 0 Å². The quantitative estimate of drug-likeness (QED) is 0.651. The first kappa shape index (κ1) is 10.6. The molecular weight excluding hydrogens is 199 g/mol. The molecule has 0 nitrogen and oxygen atoms in total. The van der Waals surface area contributed by atoms with Crippen LogP contribution < -0.4 is 0 Å². The molecule has 80 valence electrons. The van der Waals surface area contributed by atoms with Gasteiger partial charge in [0.1, 0.15) is 5.82 Å². The third-order valence-corrected chi connectivity index (χ3v) is 2.54. The van der Waals surface area contributed by atoms with E-state index in [0.29, 0.717) is 5.56 Å². The average Bonchev–Trinajstić information content (AvgIpc) is 2.30. The molecule has 0 bridgehead atoms. The van der Waals surface area contributed by atoms with Crippen molar-refractivity contribution in [2.75, 3.05) is 0 Å². The molecule has 0 N–H and O–H groups in total. The van der Waals surface area contributed by atoms with E-state index >= 15 is 0 Å². The summed E-state index contributed by atoms with van der Waals surface area (Å²) in [4.78, 5) is 0. The van der Waals surface area contributed by atoms with E-state index in [-0.39, 0.29) is 5.82 Å². The lowest BCUT2D eigenvalue weighted by atomic mass is 10.1. The van der Waals surface area contributed by atoms with Crippen LogP contribution >= 0.6 is 0 Å². The summed E-state index contributed by atoms with van der Waals surface area (Å²) in [5.74, 6) is -0.188. The number of aryl methyl sites for hydroxylation is 1. The van der Waals surface area contributed by atoms with Crippen LogP contribution in [0.4, 0.5) is 4.39 Å². The Bertz CT molecular complexity index is 465. The van der Waals surface area contributed by atoms with Crippen molar-refractivity contribution < 1.29 is 4.39 Å². The maximum atomic E-state index is 13.3. The molecule has 0 aliphatic heterocycles. The summed E-state index contributed by atoms with van der Waals surface area (Å²) in [6, 6.07) is 14.8. The van der Waals surface area contributed by atoms with Crippen molar-refractivity contribution >= 4 is 12.2 Å². The summed E-state index contributed by atoms with van der Waals surface area (Å²) in [5.41, 5.74) is 2.92. The van der Waals surface area contributed by atoms with Crippen LogP contribution in [0.3, 0.4) is 0 Å². The Morgan fingerprint density at radius 2 is 1.38 bits per heavy atom. The topological polar surface area (TPSA) is 0 Å². The molecule has 2 aromatic rings. The van der Waals surface area contributed by atoms with Crippen molar-refractivity contribution in [1.29, 1.82) is 0 Å². The van der Waals surface area contributed by atoms with E-state index in [0.717, 1.165) is 5.56 Å². The van der Waals surface area contributed by atoms with Gasteiger partial charge in [-0.2, -0.15) is 0 Å². The SMILES string of the molecule is Cc1ccccc1/C=C\c1ccccc1F. The largest absolute Gasteiger partial charge is 0.206 e. The second-order valence-corrected chi connectivity index (χ2v) is 3.71. The Labute approximate surface area is 95.1 Å². The first-order valence-corrected chi connectivity index (χ1v) is 5.25. The minimum absolute atomic E-state index is 0.188. The third kappa shape index (κ3) is 2.37. The third-order valence-electron chi connectivity index (χ3n) is 2.54. The van der Waals surface area contributed by atoms with Crippen molar-refractivity contribution in [3.63, 3.8) is 0 Å². The molecule has 0 unspecified atom stereocenters. The minimum atomic E-state index is -0.188. The Kier molecular flexibility index (Phi) is 3.16. The van der Waals surface area contributed by atoms with Gasteiger partial charge in [0.2, 0.25) is 0 Å². The van der Waals surface area contributed by atoms with E-state index in [1.807, 2.05) is 43.3 Å². The first-order chi connectivity index (χ1) is 7.77. The molecular formula is C15H13F. The second-order valence-electron chi connectivity index (χ2n) is 3.71. The summed E-state index contributed by atoms with van der Waals surface area (Å²) in [6.07, 6.45) is 3.74. The van der Waals surface area contributed by atoms with Gasteiger partial charge in [0.05, 0.1) is 0 Å². The molecule has 0 fully saturated rings. The molecule has 0 amide bonds. The van der Waals surface area contributed by atoms with Crippen molar-refractivity contribution in [3.05, 3.63) is 71.0 Å². The summed E-state index contributed by atoms with van der Waals surface area (Å²) < 4.78 is 13.3. The Balaban J connectivity index is 2.29. The van der Waals surface area contributed by atoms with Crippen LogP contribution in [0.1, 0.15) is 16.7 Å². The van der Waals surface area contributed by atoms with Crippen molar-refractivity contribution in [3.8, 4) is 0 Å². The molecule has 2 aromatic carbocycles. The van der Waals surface area contributed by atoms with Crippen LogP contribution in [0, 0.1) is 12.7 Å². The van der Waals surface area contributed by atoms with Gasteiger partial charge in [-0.05, 0) is 24.1 Å². The van der Waals surface area contributed by atoms with Gasteiger partial charge in [0.15, 0.2) is 0 Å². The predicted octanol–water partition coefficient (Wildman–Crippen LogP) is 4.30. The standard InChI is InChI=1S/C15H13F/c1-12-6-2-3-7-13(12)10-11-14-8-4-5-9-15(14)16/h2-11H,1H3/b11-10-. The van der Waals surface area contributed by atoms with Gasteiger partial charge in [-0.3, -0.25) is 0 Å². The number of hydrogen-bond acceptors (Lipinski definition) is 0. The molecule has 0 atom stereocenters. The lowest BCUT2D eigenvalue weighted by Gasteiger charge is -1.99. The van der Waals surface area contributed by atoms with E-state index in [9.17, 15) is 4.39 Å². The summed E-state index contributed by atoms with van der Waals surface area (Å²) >= 11 is 0. The molecule has 0 aliphatic carbocycles.